The van der Waals surface area contributed by atoms with Crippen molar-refractivity contribution in [3.8, 4) is 0 Å². The molecular weight excluding hydrogens is 216 g/mol. The van der Waals surface area contributed by atoms with Gasteiger partial charge in [0, 0.05) is 19.8 Å². The van der Waals surface area contributed by atoms with E-state index in [9.17, 15) is 5.11 Å². The van der Waals surface area contributed by atoms with E-state index in [-0.39, 0.29) is 26.4 Å². The molecule has 0 saturated carbocycles. The monoisotopic (exact) mass is 238 g/mol. The normalized spacial score (nSPS) is 14.1. The van der Waals surface area contributed by atoms with E-state index in [2.05, 4.69) is 0 Å². The van der Waals surface area contributed by atoms with Crippen LogP contribution >= 0.6 is 0 Å². The van der Waals surface area contributed by atoms with Crippen LogP contribution in [0.25, 0.3) is 0 Å². The molecule has 0 spiro atoms. The van der Waals surface area contributed by atoms with Gasteiger partial charge < -0.3 is 29.2 Å². The molecule has 0 aromatic heterocycles. The third-order valence-corrected chi connectivity index (χ3v) is 1.68. The van der Waals surface area contributed by atoms with Gasteiger partial charge in [0.15, 0.2) is 0 Å². The summed E-state index contributed by atoms with van der Waals surface area (Å²) in [6, 6.07) is 0. The summed E-state index contributed by atoms with van der Waals surface area (Å²) < 4.78 is 20.5. The zero-order valence-corrected chi connectivity index (χ0v) is 10.1. The van der Waals surface area contributed by atoms with Gasteiger partial charge in [-0.05, 0) is 20.8 Å². The van der Waals surface area contributed by atoms with Crippen LogP contribution in [0.15, 0.2) is 0 Å². The molecule has 0 aliphatic heterocycles. The van der Waals surface area contributed by atoms with E-state index in [4.69, 9.17) is 24.1 Å². The summed E-state index contributed by atoms with van der Waals surface area (Å²) in [5, 5.41) is 18.7. The number of aliphatic hydroxyl groups excluding tert-OH is 1. The van der Waals surface area contributed by atoms with Gasteiger partial charge in [0.05, 0.1) is 13.2 Å². The molecule has 0 aromatic rings. The minimum atomic E-state index is -1.94. The highest BCUT2D eigenvalue weighted by Gasteiger charge is 2.41. The van der Waals surface area contributed by atoms with Crippen molar-refractivity contribution < 1.29 is 29.2 Å². The standard InChI is InChI=1S/C10H22O6/c1-4-13-9(14-8-7-11)10(12,15-5-2)16-6-3/h9,11-12H,4-8H2,1-3H3. The molecule has 0 saturated heterocycles. The Morgan fingerprint density at radius 1 is 1.00 bits per heavy atom. The molecule has 0 aromatic carbocycles. The van der Waals surface area contributed by atoms with Crippen LogP contribution in [0, 0.1) is 0 Å². The van der Waals surface area contributed by atoms with Crippen molar-refractivity contribution in [1.82, 2.24) is 0 Å². The second-order valence-electron chi connectivity index (χ2n) is 2.88. The quantitative estimate of drug-likeness (QED) is 0.525. The molecule has 16 heavy (non-hydrogen) atoms. The molecule has 0 rings (SSSR count). The second kappa shape index (κ2) is 8.86. The van der Waals surface area contributed by atoms with E-state index in [1.807, 2.05) is 0 Å². The minimum absolute atomic E-state index is 0.0348. The van der Waals surface area contributed by atoms with Crippen LogP contribution in [0.4, 0.5) is 0 Å². The van der Waals surface area contributed by atoms with Crippen LogP contribution in [-0.4, -0.2) is 55.5 Å². The summed E-state index contributed by atoms with van der Waals surface area (Å²) in [4.78, 5) is 0. The van der Waals surface area contributed by atoms with E-state index in [0.717, 1.165) is 0 Å². The fourth-order valence-corrected chi connectivity index (χ4v) is 1.16. The number of hydrogen-bond donors (Lipinski definition) is 2. The first-order valence-electron chi connectivity index (χ1n) is 5.48. The fraction of sp³-hybridized carbons (Fsp3) is 1.00. The van der Waals surface area contributed by atoms with Crippen LogP contribution in [0.1, 0.15) is 20.8 Å². The highest BCUT2D eigenvalue weighted by molar-refractivity contribution is 4.60. The first-order valence-corrected chi connectivity index (χ1v) is 5.48. The van der Waals surface area contributed by atoms with Crippen molar-refractivity contribution in [3.63, 3.8) is 0 Å². The summed E-state index contributed by atoms with van der Waals surface area (Å²) in [7, 11) is 0. The van der Waals surface area contributed by atoms with Gasteiger partial charge in [-0.25, -0.2) is 0 Å². The molecule has 6 nitrogen and oxygen atoms in total. The Morgan fingerprint density at radius 2 is 1.56 bits per heavy atom. The molecule has 0 fully saturated rings. The predicted molar refractivity (Wildman–Crippen MR) is 56.7 cm³/mol. The lowest BCUT2D eigenvalue weighted by Gasteiger charge is -2.33. The number of aliphatic hydroxyl groups is 2. The van der Waals surface area contributed by atoms with Gasteiger partial charge in [-0.15, -0.1) is 0 Å². The Hall–Kier alpha value is -0.240. The topological polar surface area (TPSA) is 77.4 Å². The third kappa shape index (κ3) is 5.20. The van der Waals surface area contributed by atoms with E-state index < -0.39 is 12.3 Å². The maximum absolute atomic E-state index is 10.1. The minimum Gasteiger partial charge on any atom is -0.394 e. The molecule has 0 radical (unpaired) electrons. The third-order valence-electron chi connectivity index (χ3n) is 1.68. The summed E-state index contributed by atoms with van der Waals surface area (Å²) in [5.41, 5.74) is 0. The summed E-state index contributed by atoms with van der Waals surface area (Å²) in [5.74, 6) is -1.94. The Labute approximate surface area is 96.1 Å². The Morgan fingerprint density at radius 3 is 1.94 bits per heavy atom. The molecule has 1 unspecified atom stereocenters. The molecular formula is C10H22O6. The number of hydrogen-bond acceptors (Lipinski definition) is 6. The maximum Gasteiger partial charge on any atom is 0.334 e. The van der Waals surface area contributed by atoms with Crippen molar-refractivity contribution in [2.75, 3.05) is 33.0 Å². The predicted octanol–water partition coefficient (Wildman–Crippen LogP) is 0.0770. The van der Waals surface area contributed by atoms with Crippen LogP contribution in [0.2, 0.25) is 0 Å². The Kier molecular flexibility index (Phi) is 8.73. The van der Waals surface area contributed by atoms with Gasteiger partial charge in [0.1, 0.15) is 0 Å². The average Bonchev–Trinajstić information content (AvgIpc) is 2.24. The van der Waals surface area contributed by atoms with E-state index in [0.29, 0.717) is 6.61 Å². The average molecular weight is 238 g/mol. The molecule has 0 aliphatic rings. The second-order valence-corrected chi connectivity index (χ2v) is 2.88. The zero-order valence-electron chi connectivity index (χ0n) is 10.1. The van der Waals surface area contributed by atoms with Crippen molar-refractivity contribution in [2.45, 2.75) is 33.0 Å². The first kappa shape index (κ1) is 15.8. The SMILES string of the molecule is CCOC(OCCO)C(O)(OCC)OCC. The Balaban J connectivity index is 4.49. The van der Waals surface area contributed by atoms with Gasteiger partial charge in [-0.1, -0.05) is 0 Å². The molecule has 2 N–H and O–H groups in total. The highest BCUT2D eigenvalue weighted by atomic mass is 16.9. The Bertz CT molecular complexity index is 157. The van der Waals surface area contributed by atoms with E-state index in [1.165, 1.54) is 0 Å². The summed E-state index contributed by atoms with van der Waals surface area (Å²) in [6.07, 6.45) is -1.08. The van der Waals surface area contributed by atoms with E-state index in [1.54, 1.807) is 20.8 Å². The molecule has 0 bridgehead atoms. The molecule has 1 atom stereocenters. The largest absolute Gasteiger partial charge is 0.394 e. The van der Waals surface area contributed by atoms with Crippen molar-refractivity contribution in [1.29, 1.82) is 0 Å². The van der Waals surface area contributed by atoms with Crippen LogP contribution in [0.5, 0.6) is 0 Å². The molecule has 0 heterocycles. The lowest BCUT2D eigenvalue weighted by molar-refractivity contribution is -0.440. The van der Waals surface area contributed by atoms with Crippen LogP contribution in [0.3, 0.4) is 0 Å². The zero-order chi connectivity index (χ0) is 12.4. The van der Waals surface area contributed by atoms with Gasteiger partial charge in [0.25, 0.3) is 0 Å². The molecule has 98 valence electrons. The smallest absolute Gasteiger partial charge is 0.334 e. The lowest BCUT2D eigenvalue weighted by Crippen LogP contribution is -2.50. The fourth-order valence-electron chi connectivity index (χ4n) is 1.16. The summed E-state index contributed by atoms with van der Waals surface area (Å²) in [6.45, 7) is 5.90. The van der Waals surface area contributed by atoms with Crippen LogP contribution in [-0.2, 0) is 18.9 Å². The molecule has 6 heteroatoms. The van der Waals surface area contributed by atoms with Gasteiger partial charge in [-0.3, -0.25) is 0 Å². The highest BCUT2D eigenvalue weighted by Crippen LogP contribution is 2.19. The van der Waals surface area contributed by atoms with Gasteiger partial charge in [-0.2, -0.15) is 0 Å². The molecule has 0 aliphatic carbocycles. The molecule has 0 amide bonds. The van der Waals surface area contributed by atoms with Crippen molar-refractivity contribution >= 4 is 0 Å². The lowest BCUT2D eigenvalue weighted by atomic mass is 10.5. The summed E-state index contributed by atoms with van der Waals surface area (Å²) >= 11 is 0. The number of ether oxygens (including phenoxy) is 4. The van der Waals surface area contributed by atoms with Gasteiger partial charge >= 0.3 is 5.97 Å². The van der Waals surface area contributed by atoms with Crippen molar-refractivity contribution in [3.05, 3.63) is 0 Å². The van der Waals surface area contributed by atoms with Crippen LogP contribution < -0.4 is 0 Å². The van der Waals surface area contributed by atoms with E-state index >= 15 is 0 Å². The first-order chi connectivity index (χ1) is 7.64. The maximum atomic E-state index is 10.1. The van der Waals surface area contributed by atoms with Gasteiger partial charge in [0.2, 0.25) is 6.29 Å². The number of rotatable bonds is 10. The van der Waals surface area contributed by atoms with Crippen molar-refractivity contribution in [2.24, 2.45) is 0 Å².